The van der Waals surface area contributed by atoms with E-state index in [0.717, 1.165) is 12.5 Å². The summed E-state index contributed by atoms with van der Waals surface area (Å²) in [5.41, 5.74) is 1.17. The SMILES string of the molecule is c1cncc(COCC2CCC2)c1. The van der Waals surface area contributed by atoms with Gasteiger partial charge in [-0.2, -0.15) is 0 Å². The van der Waals surface area contributed by atoms with Crippen molar-refractivity contribution in [2.45, 2.75) is 25.9 Å². The normalized spacial score (nSPS) is 16.9. The van der Waals surface area contributed by atoms with E-state index in [2.05, 4.69) is 4.98 Å². The Morgan fingerprint density at radius 1 is 1.46 bits per heavy atom. The Balaban J connectivity index is 1.67. The summed E-state index contributed by atoms with van der Waals surface area (Å²) in [6.45, 7) is 1.64. The van der Waals surface area contributed by atoms with Gasteiger partial charge in [0, 0.05) is 19.0 Å². The number of rotatable bonds is 4. The summed E-state index contributed by atoms with van der Waals surface area (Å²) in [5.74, 6) is 0.830. The summed E-state index contributed by atoms with van der Waals surface area (Å²) in [4.78, 5) is 4.04. The van der Waals surface area contributed by atoms with Crippen molar-refractivity contribution in [3.8, 4) is 0 Å². The lowest BCUT2D eigenvalue weighted by atomic mass is 9.86. The summed E-state index contributed by atoms with van der Waals surface area (Å²) in [6.07, 6.45) is 7.75. The molecule has 70 valence electrons. The highest BCUT2D eigenvalue weighted by Gasteiger charge is 2.16. The summed E-state index contributed by atoms with van der Waals surface area (Å²) in [6, 6.07) is 4.00. The third-order valence-electron chi connectivity index (χ3n) is 2.57. The van der Waals surface area contributed by atoms with Crippen molar-refractivity contribution in [1.82, 2.24) is 4.98 Å². The molecule has 2 heteroatoms. The lowest BCUT2D eigenvalue weighted by Crippen LogP contribution is -2.17. The quantitative estimate of drug-likeness (QED) is 0.704. The average Bonchev–Trinajstić information content (AvgIpc) is 2.11. The van der Waals surface area contributed by atoms with Crippen LogP contribution < -0.4 is 0 Å². The summed E-state index contributed by atoms with van der Waals surface area (Å²) in [5, 5.41) is 0. The van der Waals surface area contributed by atoms with Crippen molar-refractivity contribution in [3.63, 3.8) is 0 Å². The highest BCUT2D eigenvalue weighted by molar-refractivity contribution is 5.06. The van der Waals surface area contributed by atoms with E-state index < -0.39 is 0 Å². The van der Waals surface area contributed by atoms with Crippen LogP contribution in [0.25, 0.3) is 0 Å². The van der Waals surface area contributed by atoms with E-state index >= 15 is 0 Å². The topological polar surface area (TPSA) is 22.1 Å². The molecule has 1 heterocycles. The standard InChI is InChI=1S/C11H15NO/c1-3-10(4-1)8-13-9-11-5-2-6-12-7-11/h2,5-7,10H,1,3-4,8-9H2. The molecular weight excluding hydrogens is 162 g/mol. The van der Waals surface area contributed by atoms with Gasteiger partial charge in [-0.05, 0) is 30.4 Å². The number of ether oxygens (including phenoxy) is 1. The smallest absolute Gasteiger partial charge is 0.0731 e. The Morgan fingerprint density at radius 2 is 2.38 bits per heavy atom. The van der Waals surface area contributed by atoms with E-state index in [9.17, 15) is 0 Å². The largest absolute Gasteiger partial charge is 0.376 e. The van der Waals surface area contributed by atoms with Gasteiger partial charge in [0.1, 0.15) is 0 Å². The van der Waals surface area contributed by atoms with Gasteiger partial charge >= 0.3 is 0 Å². The van der Waals surface area contributed by atoms with Crippen molar-refractivity contribution in [2.75, 3.05) is 6.61 Å². The molecule has 1 aliphatic carbocycles. The molecule has 2 rings (SSSR count). The minimum absolute atomic E-state index is 0.713. The zero-order valence-corrected chi connectivity index (χ0v) is 7.78. The van der Waals surface area contributed by atoms with Crippen molar-refractivity contribution >= 4 is 0 Å². The summed E-state index contributed by atoms with van der Waals surface area (Å²) in [7, 11) is 0. The van der Waals surface area contributed by atoms with Gasteiger partial charge in [0.2, 0.25) is 0 Å². The van der Waals surface area contributed by atoms with Gasteiger partial charge in [-0.15, -0.1) is 0 Å². The van der Waals surface area contributed by atoms with Crippen LogP contribution in [0.4, 0.5) is 0 Å². The van der Waals surface area contributed by atoms with E-state index in [-0.39, 0.29) is 0 Å². The lowest BCUT2D eigenvalue weighted by molar-refractivity contribution is 0.0595. The fourth-order valence-electron chi connectivity index (χ4n) is 1.49. The molecule has 13 heavy (non-hydrogen) atoms. The molecule has 0 spiro atoms. The molecule has 1 aromatic rings. The number of pyridine rings is 1. The van der Waals surface area contributed by atoms with Crippen molar-refractivity contribution in [2.24, 2.45) is 5.92 Å². The minimum atomic E-state index is 0.713. The van der Waals surface area contributed by atoms with Gasteiger partial charge < -0.3 is 4.74 Å². The molecule has 0 amide bonds. The predicted octanol–water partition coefficient (Wildman–Crippen LogP) is 2.40. The van der Waals surface area contributed by atoms with Crippen LogP contribution in [0.3, 0.4) is 0 Å². The van der Waals surface area contributed by atoms with Crippen LogP contribution in [0, 0.1) is 5.92 Å². The van der Waals surface area contributed by atoms with Crippen LogP contribution in [0.2, 0.25) is 0 Å². The predicted molar refractivity (Wildman–Crippen MR) is 51.2 cm³/mol. The second-order valence-electron chi connectivity index (χ2n) is 3.67. The third-order valence-corrected chi connectivity index (χ3v) is 2.57. The number of aromatic nitrogens is 1. The molecule has 0 N–H and O–H groups in total. The van der Waals surface area contributed by atoms with Crippen LogP contribution in [0.5, 0.6) is 0 Å². The van der Waals surface area contributed by atoms with Crippen LogP contribution >= 0.6 is 0 Å². The van der Waals surface area contributed by atoms with Crippen molar-refractivity contribution in [3.05, 3.63) is 30.1 Å². The zero-order valence-electron chi connectivity index (χ0n) is 7.78. The first-order valence-corrected chi connectivity index (χ1v) is 4.92. The fourth-order valence-corrected chi connectivity index (χ4v) is 1.49. The van der Waals surface area contributed by atoms with E-state index in [1.807, 2.05) is 18.3 Å². The molecule has 0 aromatic carbocycles. The Bertz CT molecular complexity index is 244. The lowest BCUT2D eigenvalue weighted by Gasteiger charge is -2.24. The Labute approximate surface area is 78.9 Å². The molecular formula is C11H15NO. The molecule has 1 fully saturated rings. The first kappa shape index (κ1) is 8.70. The molecule has 0 unspecified atom stereocenters. The Kier molecular flexibility index (Phi) is 2.93. The Hall–Kier alpha value is -0.890. The second kappa shape index (κ2) is 4.38. The molecule has 0 saturated heterocycles. The van der Waals surface area contributed by atoms with E-state index in [4.69, 9.17) is 4.74 Å². The van der Waals surface area contributed by atoms with Gasteiger partial charge in [-0.3, -0.25) is 4.98 Å². The third kappa shape index (κ3) is 2.52. The van der Waals surface area contributed by atoms with Crippen molar-refractivity contribution < 1.29 is 4.74 Å². The van der Waals surface area contributed by atoms with Crippen LogP contribution in [0.15, 0.2) is 24.5 Å². The van der Waals surface area contributed by atoms with E-state index in [0.29, 0.717) is 6.61 Å². The van der Waals surface area contributed by atoms with E-state index in [1.165, 1.54) is 24.8 Å². The Morgan fingerprint density at radius 3 is 3.00 bits per heavy atom. The molecule has 1 aromatic heterocycles. The first-order chi connectivity index (χ1) is 6.45. The van der Waals surface area contributed by atoms with Gasteiger partial charge in [0.25, 0.3) is 0 Å². The first-order valence-electron chi connectivity index (χ1n) is 4.92. The number of nitrogens with zero attached hydrogens (tertiary/aromatic N) is 1. The number of hydrogen-bond acceptors (Lipinski definition) is 2. The molecule has 0 radical (unpaired) electrons. The molecule has 0 atom stereocenters. The monoisotopic (exact) mass is 177 g/mol. The van der Waals surface area contributed by atoms with E-state index in [1.54, 1.807) is 6.20 Å². The van der Waals surface area contributed by atoms with Crippen LogP contribution in [-0.2, 0) is 11.3 Å². The molecule has 0 aliphatic heterocycles. The van der Waals surface area contributed by atoms with Gasteiger partial charge in [0.15, 0.2) is 0 Å². The highest BCUT2D eigenvalue weighted by Crippen LogP contribution is 2.26. The van der Waals surface area contributed by atoms with Crippen molar-refractivity contribution in [1.29, 1.82) is 0 Å². The summed E-state index contributed by atoms with van der Waals surface area (Å²) >= 11 is 0. The van der Waals surface area contributed by atoms with Crippen LogP contribution in [0.1, 0.15) is 24.8 Å². The number of hydrogen-bond donors (Lipinski definition) is 0. The fraction of sp³-hybridized carbons (Fsp3) is 0.545. The van der Waals surface area contributed by atoms with Gasteiger partial charge in [0.05, 0.1) is 6.61 Å². The maximum absolute atomic E-state index is 5.58. The zero-order chi connectivity index (χ0) is 8.93. The minimum Gasteiger partial charge on any atom is -0.376 e. The maximum Gasteiger partial charge on any atom is 0.0731 e. The van der Waals surface area contributed by atoms with Gasteiger partial charge in [-0.1, -0.05) is 12.5 Å². The second-order valence-corrected chi connectivity index (χ2v) is 3.67. The van der Waals surface area contributed by atoms with Gasteiger partial charge in [-0.25, -0.2) is 0 Å². The maximum atomic E-state index is 5.58. The van der Waals surface area contributed by atoms with Crippen LogP contribution in [-0.4, -0.2) is 11.6 Å². The highest BCUT2D eigenvalue weighted by atomic mass is 16.5. The molecule has 1 aliphatic rings. The summed E-state index contributed by atoms with van der Waals surface area (Å²) < 4.78 is 5.58. The molecule has 1 saturated carbocycles. The average molecular weight is 177 g/mol. The molecule has 2 nitrogen and oxygen atoms in total. The molecule has 0 bridgehead atoms.